The van der Waals surface area contributed by atoms with E-state index in [-0.39, 0.29) is 0 Å². The number of aryl methyl sites for hydroxylation is 1. The molecule has 27 heavy (non-hydrogen) atoms. The van der Waals surface area contributed by atoms with E-state index in [1.165, 1.54) is 0 Å². The molecule has 0 saturated heterocycles. The lowest BCUT2D eigenvalue weighted by Gasteiger charge is -2.14. The molecule has 0 spiro atoms. The van der Waals surface area contributed by atoms with Gasteiger partial charge in [0.25, 0.3) is 0 Å². The van der Waals surface area contributed by atoms with Gasteiger partial charge < -0.3 is 15.5 Å². The van der Waals surface area contributed by atoms with E-state index in [0.717, 1.165) is 69.4 Å². The lowest BCUT2D eigenvalue weighted by Crippen LogP contribution is -2.09. The largest absolute Gasteiger partial charge is 0.453 e. The molecule has 2 aromatic carbocycles. The number of benzene rings is 3. The van der Waals surface area contributed by atoms with Crippen molar-refractivity contribution >= 4 is 27.6 Å². The maximum Gasteiger partial charge on any atom is 0.155 e. The number of hydrogen-bond acceptors (Lipinski definition) is 5. The first-order valence-electron chi connectivity index (χ1n) is 9.42. The number of aromatic nitrogens is 1. The third-order valence-corrected chi connectivity index (χ3v) is 4.74. The van der Waals surface area contributed by atoms with Crippen molar-refractivity contribution in [1.29, 1.82) is 0 Å². The minimum atomic E-state index is 0.665. The lowest BCUT2D eigenvalue weighted by atomic mass is 10.1. The molecular weight excluding hydrogens is 336 g/mol. The molecule has 1 heterocycles. The van der Waals surface area contributed by atoms with Crippen LogP contribution in [0, 0.1) is 6.92 Å². The summed E-state index contributed by atoms with van der Waals surface area (Å²) in [5, 5.41) is 6.66. The Labute approximate surface area is 158 Å². The summed E-state index contributed by atoms with van der Waals surface area (Å²) >= 11 is 0. The van der Waals surface area contributed by atoms with Crippen molar-refractivity contribution < 1.29 is 4.42 Å². The average Bonchev–Trinajstić information content (AvgIpc) is 2.68. The predicted octanol–water partition coefficient (Wildman–Crippen LogP) is 4.08. The zero-order valence-electron chi connectivity index (χ0n) is 15.7. The van der Waals surface area contributed by atoms with E-state index < -0.39 is 0 Å². The summed E-state index contributed by atoms with van der Waals surface area (Å²) in [6.45, 7) is 6.32. The summed E-state index contributed by atoms with van der Waals surface area (Å²) in [6, 6.07) is 14.4. The fourth-order valence-corrected chi connectivity index (χ4v) is 3.41. The number of hydrogen-bond donors (Lipinski definition) is 2. The Bertz CT molecular complexity index is 1150. The maximum atomic E-state index is 6.26. The molecule has 5 nitrogen and oxygen atoms in total. The predicted molar refractivity (Wildman–Crippen MR) is 111 cm³/mol. The second-order valence-electron chi connectivity index (χ2n) is 6.68. The van der Waals surface area contributed by atoms with Crippen LogP contribution in [-0.4, -0.2) is 24.6 Å². The molecule has 0 saturated carbocycles. The van der Waals surface area contributed by atoms with Gasteiger partial charge in [0.05, 0.1) is 5.36 Å². The van der Waals surface area contributed by atoms with E-state index in [9.17, 15) is 0 Å². The highest BCUT2D eigenvalue weighted by molar-refractivity contribution is 6.10. The van der Waals surface area contributed by atoms with Crippen molar-refractivity contribution in [3.8, 4) is 11.5 Å². The molecule has 5 heteroatoms. The summed E-state index contributed by atoms with van der Waals surface area (Å²) < 4.78 is 6.26. The fourth-order valence-electron chi connectivity index (χ4n) is 3.41. The van der Waals surface area contributed by atoms with Crippen LogP contribution in [0.3, 0.4) is 0 Å². The van der Waals surface area contributed by atoms with Gasteiger partial charge in [-0.2, -0.15) is 0 Å². The molecule has 2 aromatic rings. The third kappa shape index (κ3) is 3.26. The smallest absolute Gasteiger partial charge is 0.155 e. The highest BCUT2D eigenvalue weighted by atomic mass is 16.3. The summed E-state index contributed by atoms with van der Waals surface area (Å²) in [5.41, 5.74) is 10.3. The summed E-state index contributed by atoms with van der Waals surface area (Å²) in [6.07, 6.45) is 0.917. The molecule has 0 radical (unpaired) electrons. The number of nitrogens with two attached hydrogens (primary N) is 1. The minimum Gasteiger partial charge on any atom is -0.453 e. The number of nitrogens with zero attached hydrogens (tertiary/aromatic N) is 2. The molecule has 0 bridgehead atoms. The second kappa shape index (κ2) is 7.37. The molecule has 0 amide bonds. The average molecular weight is 360 g/mol. The molecule has 0 aromatic heterocycles. The van der Waals surface area contributed by atoms with E-state index in [1.54, 1.807) is 0 Å². The van der Waals surface area contributed by atoms with Gasteiger partial charge in [-0.15, -0.1) is 0 Å². The van der Waals surface area contributed by atoms with E-state index in [0.29, 0.717) is 6.54 Å². The maximum absolute atomic E-state index is 6.26. The molecule has 2 aliphatic rings. The van der Waals surface area contributed by atoms with Crippen molar-refractivity contribution in [3.63, 3.8) is 0 Å². The first kappa shape index (κ1) is 17.5. The number of anilines is 1. The van der Waals surface area contributed by atoms with E-state index in [2.05, 4.69) is 35.4 Å². The van der Waals surface area contributed by atoms with Crippen molar-refractivity contribution in [2.45, 2.75) is 20.3 Å². The normalized spacial score (nSPS) is 12.3. The van der Waals surface area contributed by atoms with Gasteiger partial charge >= 0.3 is 0 Å². The van der Waals surface area contributed by atoms with Crippen LogP contribution in [0.4, 0.5) is 5.69 Å². The van der Waals surface area contributed by atoms with Crippen LogP contribution in [0.5, 0.6) is 0 Å². The van der Waals surface area contributed by atoms with Crippen molar-refractivity contribution in [3.05, 3.63) is 53.4 Å². The lowest BCUT2D eigenvalue weighted by molar-refractivity contribution is 0.612. The van der Waals surface area contributed by atoms with Gasteiger partial charge in [-0.1, -0.05) is 24.3 Å². The summed E-state index contributed by atoms with van der Waals surface area (Å²) in [4.78, 5) is 9.46. The van der Waals surface area contributed by atoms with Gasteiger partial charge in [-0.25, -0.2) is 4.98 Å². The van der Waals surface area contributed by atoms with E-state index in [4.69, 9.17) is 15.1 Å². The van der Waals surface area contributed by atoms with E-state index in [1.807, 2.05) is 31.2 Å². The van der Waals surface area contributed by atoms with Gasteiger partial charge in [-0.3, -0.25) is 4.99 Å². The van der Waals surface area contributed by atoms with Crippen molar-refractivity contribution in [2.75, 3.05) is 25.0 Å². The highest BCUT2D eigenvalue weighted by Gasteiger charge is 2.14. The Balaban J connectivity index is 1.99. The van der Waals surface area contributed by atoms with Gasteiger partial charge in [0.15, 0.2) is 11.3 Å². The standard InChI is InChI=1S/C22H24N4O/c1-3-24-17-12-20-19(11-14(17)2)26-22-16-8-5-4-7-15(16)18(13-21(22)27-20)25-10-6-9-23/h4-5,7-8,11-13,25H,3,6,9-10,23H2,1-2H3. The molecule has 1 aliphatic heterocycles. The van der Waals surface area contributed by atoms with Crippen LogP contribution < -0.4 is 16.4 Å². The quantitative estimate of drug-likeness (QED) is 0.319. The molecule has 4 rings (SSSR count). The van der Waals surface area contributed by atoms with Crippen LogP contribution >= 0.6 is 0 Å². The zero-order valence-corrected chi connectivity index (χ0v) is 15.7. The van der Waals surface area contributed by atoms with Gasteiger partial charge in [-0.05, 0) is 38.4 Å². The monoisotopic (exact) mass is 360 g/mol. The van der Waals surface area contributed by atoms with Crippen LogP contribution in [0.15, 0.2) is 51.9 Å². The first-order chi connectivity index (χ1) is 13.2. The third-order valence-electron chi connectivity index (χ3n) is 4.74. The summed E-state index contributed by atoms with van der Waals surface area (Å²) in [7, 11) is 0. The molecule has 0 fully saturated rings. The molecular formula is C22H24N4O. The highest BCUT2D eigenvalue weighted by Crippen LogP contribution is 2.34. The Morgan fingerprint density at radius 1 is 1.15 bits per heavy atom. The Morgan fingerprint density at radius 3 is 2.74 bits per heavy atom. The minimum absolute atomic E-state index is 0.665. The topological polar surface area (TPSA) is 76.4 Å². The molecule has 0 atom stereocenters. The van der Waals surface area contributed by atoms with E-state index >= 15 is 0 Å². The van der Waals surface area contributed by atoms with Crippen LogP contribution in [0.1, 0.15) is 18.9 Å². The SMILES string of the molecule is CCN=c1cc2oc3cc(NCCCN)c4ccccc4c3nc-2cc1C. The molecule has 0 unspecified atom stereocenters. The summed E-state index contributed by atoms with van der Waals surface area (Å²) in [5.74, 6) is 0.753. The molecule has 1 aliphatic carbocycles. The Hall–Kier alpha value is -2.92. The van der Waals surface area contributed by atoms with Gasteiger partial charge in [0.1, 0.15) is 11.2 Å². The number of fused-ring (bicyclic) bond motifs is 4. The fraction of sp³-hybridized carbons (Fsp3) is 0.273. The molecule has 3 N–H and O–H groups in total. The zero-order chi connectivity index (χ0) is 18.8. The molecule has 138 valence electrons. The first-order valence-corrected chi connectivity index (χ1v) is 9.42. The van der Waals surface area contributed by atoms with Crippen LogP contribution in [-0.2, 0) is 0 Å². The Kier molecular flexibility index (Phi) is 4.77. The van der Waals surface area contributed by atoms with Crippen molar-refractivity contribution in [2.24, 2.45) is 10.7 Å². The van der Waals surface area contributed by atoms with Crippen LogP contribution in [0.2, 0.25) is 0 Å². The second-order valence-corrected chi connectivity index (χ2v) is 6.68. The Morgan fingerprint density at radius 2 is 1.96 bits per heavy atom. The van der Waals surface area contributed by atoms with Crippen LogP contribution in [0.25, 0.3) is 33.3 Å². The number of nitrogens with one attached hydrogen (secondary N) is 1. The van der Waals surface area contributed by atoms with Crippen molar-refractivity contribution in [1.82, 2.24) is 4.98 Å². The van der Waals surface area contributed by atoms with Gasteiger partial charge in [0.2, 0.25) is 0 Å². The van der Waals surface area contributed by atoms with Gasteiger partial charge in [0, 0.05) is 41.7 Å². The number of rotatable bonds is 5.